The third kappa shape index (κ3) is 4.21. The maximum atomic E-state index is 11.8. The highest BCUT2D eigenvalue weighted by atomic mass is 35.5. The summed E-state index contributed by atoms with van der Waals surface area (Å²) in [6.07, 6.45) is 0.974. The molecule has 0 spiro atoms. The maximum absolute atomic E-state index is 11.8. The van der Waals surface area contributed by atoms with E-state index in [9.17, 15) is 13.2 Å². The van der Waals surface area contributed by atoms with Gasteiger partial charge in [0.1, 0.15) is 0 Å². The van der Waals surface area contributed by atoms with Crippen LogP contribution in [0.15, 0.2) is 24.3 Å². The van der Waals surface area contributed by atoms with Crippen molar-refractivity contribution in [3.8, 4) is 0 Å². The van der Waals surface area contributed by atoms with E-state index in [4.69, 9.17) is 11.6 Å². The first-order valence-electron chi connectivity index (χ1n) is 6.55. The Kier molecular flexibility index (Phi) is 4.70. The molecule has 4 nitrogen and oxygen atoms in total. The molecule has 1 fully saturated rings. The quantitative estimate of drug-likeness (QED) is 0.855. The number of nitrogens with one attached hydrogen (secondary N) is 1. The molecule has 6 heteroatoms. The first-order chi connectivity index (χ1) is 9.35. The molecule has 2 atom stereocenters. The average molecular weight is 316 g/mol. The van der Waals surface area contributed by atoms with Crippen molar-refractivity contribution in [2.75, 3.05) is 11.5 Å². The Hall–Kier alpha value is -1.07. The van der Waals surface area contributed by atoms with Crippen LogP contribution in [0.3, 0.4) is 0 Å². The zero-order valence-electron chi connectivity index (χ0n) is 11.3. The summed E-state index contributed by atoms with van der Waals surface area (Å²) in [5.74, 6) is -0.270. The van der Waals surface area contributed by atoms with Gasteiger partial charge in [0.25, 0.3) is 0 Å². The van der Waals surface area contributed by atoms with Gasteiger partial charge in [0.2, 0.25) is 5.91 Å². The summed E-state index contributed by atoms with van der Waals surface area (Å²) in [5.41, 5.74) is 2.27. The molecule has 0 aromatic heterocycles. The molecule has 1 heterocycles. The van der Waals surface area contributed by atoms with Crippen molar-refractivity contribution in [3.63, 3.8) is 0 Å². The molecular formula is C14H18ClNO3S. The molecule has 1 aliphatic heterocycles. The van der Waals surface area contributed by atoms with Crippen LogP contribution >= 0.6 is 11.6 Å². The Balaban J connectivity index is 1.83. The summed E-state index contributed by atoms with van der Waals surface area (Å²) in [6, 6.07) is 7.53. The Labute approximate surface area is 124 Å². The minimum absolute atomic E-state index is 0.0581. The molecule has 1 aromatic rings. The van der Waals surface area contributed by atoms with Gasteiger partial charge in [-0.15, -0.1) is 11.6 Å². The zero-order valence-corrected chi connectivity index (χ0v) is 12.9. The number of rotatable bonds is 4. The second-order valence-corrected chi connectivity index (χ2v) is 7.97. The van der Waals surface area contributed by atoms with Crippen molar-refractivity contribution in [2.45, 2.75) is 31.2 Å². The van der Waals surface area contributed by atoms with Gasteiger partial charge in [-0.05, 0) is 18.9 Å². The van der Waals surface area contributed by atoms with Gasteiger partial charge in [-0.3, -0.25) is 4.79 Å². The lowest BCUT2D eigenvalue weighted by atomic mass is 10.1. The van der Waals surface area contributed by atoms with E-state index in [0.717, 1.165) is 5.56 Å². The van der Waals surface area contributed by atoms with Crippen LogP contribution in [0, 0.1) is 6.92 Å². The SMILES string of the molecule is Cc1ccc(CCC(=O)NC2CS(=O)(=O)CC2Cl)cc1. The summed E-state index contributed by atoms with van der Waals surface area (Å²) >= 11 is 5.95. The number of alkyl halides is 1. The topological polar surface area (TPSA) is 63.2 Å². The molecule has 0 bridgehead atoms. The lowest BCUT2D eigenvalue weighted by molar-refractivity contribution is -0.121. The van der Waals surface area contributed by atoms with Gasteiger partial charge in [-0.2, -0.15) is 0 Å². The molecule has 2 rings (SSSR count). The normalized spacial score (nSPS) is 24.5. The molecule has 2 unspecified atom stereocenters. The van der Waals surface area contributed by atoms with Crippen molar-refractivity contribution >= 4 is 27.3 Å². The molecular weight excluding hydrogens is 298 g/mol. The number of benzene rings is 1. The molecule has 0 saturated carbocycles. The largest absolute Gasteiger partial charge is 0.351 e. The van der Waals surface area contributed by atoms with Gasteiger partial charge in [0.15, 0.2) is 9.84 Å². The van der Waals surface area contributed by atoms with Gasteiger partial charge >= 0.3 is 0 Å². The van der Waals surface area contributed by atoms with Crippen molar-refractivity contribution < 1.29 is 13.2 Å². The number of hydrogen-bond acceptors (Lipinski definition) is 3. The first kappa shape index (κ1) is 15.3. The van der Waals surface area contributed by atoms with E-state index >= 15 is 0 Å². The molecule has 1 amide bonds. The summed E-state index contributed by atoms with van der Waals surface area (Å²) in [6.45, 7) is 2.01. The molecule has 0 aliphatic carbocycles. The highest BCUT2D eigenvalue weighted by molar-refractivity contribution is 7.91. The van der Waals surface area contributed by atoms with Gasteiger partial charge in [0.05, 0.1) is 22.9 Å². The van der Waals surface area contributed by atoms with Crippen LogP contribution in [0.5, 0.6) is 0 Å². The highest BCUT2D eigenvalue weighted by Crippen LogP contribution is 2.18. The van der Waals surface area contributed by atoms with Crippen LogP contribution < -0.4 is 5.32 Å². The summed E-state index contributed by atoms with van der Waals surface area (Å²) in [4.78, 5) is 11.8. The van der Waals surface area contributed by atoms with Crippen LogP contribution in [-0.4, -0.2) is 37.2 Å². The lowest BCUT2D eigenvalue weighted by Gasteiger charge is -2.14. The fraction of sp³-hybridized carbons (Fsp3) is 0.500. The molecule has 1 saturated heterocycles. The van der Waals surface area contributed by atoms with E-state index in [0.29, 0.717) is 12.8 Å². The third-order valence-corrected chi connectivity index (χ3v) is 5.77. The third-order valence-electron chi connectivity index (χ3n) is 3.39. The highest BCUT2D eigenvalue weighted by Gasteiger charge is 2.37. The molecule has 0 radical (unpaired) electrons. The van der Waals surface area contributed by atoms with Crippen molar-refractivity contribution in [2.24, 2.45) is 0 Å². The number of aryl methyl sites for hydroxylation is 2. The minimum Gasteiger partial charge on any atom is -0.351 e. The van der Waals surface area contributed by atoms with E-state index in [1.807, 2.05) is 31.2 Å². The summed E-state index contributed by atoms with van der Waals surface area (Å²) in [7, 11) is -3.11. The van der Waals surface area contributed by atoms with Crippen LogP contribution in [-0.2, 0) is 21.1 Å². The Morgan fingerprint density at radius 3 is 2.50 bits per heavy atom. The van der Waals surface area contributed by atoms with E-state index in [1.54, 1.807) is 0 Å². The standard InChI is InChI=1S/C14H18ClNO3S/c1-10-2-4-11(5-3-10)6-7-14(17)16-13-9-20(18,19)8-12(13)15/h2-5,12-13H,6-9H2,1H3,(H,16,17). The number of amides is 1. The van der Waals surface area contributed by atoms with Crippen molar-refractivity contribution in [3.05, 3.63) is 35.4 Å². The van der Waals surface area contributed by atoms with Crippen LogP contribution in [0.2, 0.25) is 0 Å². The molecule has 1 aliphatic rings. The fourth-order valence-electron chi connectivity index (χ4n) is 2.23. The Morgan fingerprint density at radius 2 is 1.95 bits per heavy atom. The predicted octanol–water partition coefficient (Wildman–Crippen LogP) is 1.45. The van der Waals surface area contributed by atoms with E-state index in [1.165, 1.54) is 5.56 Å². The lowest BCUT2D eigenvalue weighted by Crippen LogP contribution is -2.40. The minimum atomic E-state index is -3.11. The van der Waals surface area contributed by atoms with Gasteiger partial charge in [-0.25, -0.2) is 8.42 Å². The molecule has 110 valence electrons. The zero-order chi connectivity index (χ0) is 14.8. The second kappa shape index (κ2) is 6.14. The maximum Gasteiger partial charge on any atom is 0.220 e. The van der Waals surface area contributed by atoms with Crippen molar-refractivity contribution in [1.29, 1.82) is 0 Å². The number of hydrogen-bond donors (Lipinski definition) is 1. The second-order valence-electron chi connectivity index (χ2n) is 5.25. The fourth-order valence-corrected chi connectivity index (χ4v) is 4.78. The molecule has 1 aromatic carbocycles. The molecule has 1 N–H and O–H groups in total. The van der Waals surface area contributed by atoms with Crippen LogP contribution in [0.25, 0.3) is 0 Å². The monoisotopic (exact) mass is 315 g/mol. The van der Waals surface area contributed by atoms with Gasteiger partial charge in [0, 0.05) is 6.42 Å². The smallest absolute Gasteiger partial charge is 0.220 e. The number of halogens is 1. The van der Waals surface area contributed by atoms with Crippen molar-refractivity contribution in [1.82, 2.24) is 5.32 Å². The number of carbonyl (C=O) groups is 1. The average Bonchev–Trinajstić information content (AvgIpc) is 2.61. The van der Waals surface area contributed by atoms with E-state index < -0.39 is 21.3 Å². The van der Waals surface area contributed by atoms with E-state index in [2.05, 4.69) is 5.32 Å². The van der Waals surface area contributed by atoms with Crippen LogP contribution in [0.1, 0.15) is 17.5 Å². The first-order valence-corrected chi connectivity index (χ1v) is 8.81. The van der Waals surface area contributed by atoms with Crippen LogP contribution in [0.4, 0.5) is 0 Å². The Bertz CT molecular complexity index is 583. The van der Waals surface area contributed by atoms with Gasteiger partial charge < -0.3 is 5.32 Å². The number of carbonyl (C=O) groups excluding carboxylic acids is 1. The Morgan fingerprint density at radius 1 is 1.30 bits per heavy atom. The summed E-state index contributed by atoms with van der Waals surface area (Å²) < 4.78 is 22.8. The summed E-state index contributed by atoms with van der Waals surface area (Å²) in [5, 5.41) is 2.19. The van der Waals surface area contributed by atoms with Gasteiger partial charge in [-0.1, -0.05) is 29.8 Å². The van der Waals surface area contributed by atoms with E-state index in [-0.39, 0.29) is 17.4 Å². The molecule has 20 heavy (non-hydrogen) atoms. The predicted molar refractivity (Wildman–Crippen MR) is 79.7 cm³/mol. The number of sulfone groups is 1.